The van der Waals surface area contributed by atoms with Crippen LogP contribution < -0.4 is 10.2 Å². The maximum atomic E-state index is 13.6. The van der Waals surface area contributed by atoms with Crippen LogP contribution in [0.5, 0.6) is 0 Å². The summed E-state index contributed by atoms with van der Waals surface area (Å²) in [6.45, 7) is 1.16. The summed E-state index contributed by atoms with van der Waals surface area (Å²) in [6, 6.07) is 14.2. The lowest BCUT2D eigenvalue weighted by molar-refractivity contribution is 0.0949. The van der Waals surface area contributed by atoms with Gasteiger partial charge in [-0.25, -0.2) is 4.39 Å². The number of likely N-dealkylation sites (N-methyl/N-ethyl adjacent to an activating group) is 1. The van der Waals surface area contributed by atoms with Crippen LogP contribution in [0.3, 0.4) is 0 Å². The molecule has 2 aromatic heterocycles. The second-order valence-corrected chi connectivity index (χ2v) is 6.52. The maximum absolute atomic E-state index is 13.6. The van der Waals surface area contributed by atoms with Gasteiger partial charge in [0.2, 0.25) is 0 Å². The van der Waals surface area contributed by atoms with Crippen molar-refractivity contribution in [3.63, 3.8) is 0 Å². The Kier molecular flexibility index (Phi) is 6.68. The van der Waals surface area contributed by atoms with Gasteiger partial charge in [-0.2, -0.15) is 0 Å². The van der Waals surface area contributed by atoms with Gasteiger partial charge in [0.15, 0.2) is 0 Å². The Morgan fingerprint density at radius 2 is 1.86 bits per heavy atom. The minimum absolute atomic E-state index is 0.257. The summed E-state index contributed by atoms with van der Waals surface area (Å²) in [6.07, 6.45) is 6.51. The zero-order chi connectivity index (χ0) is 19.8. The van der Waals surface area contributed by atoms with Crippen LogP contribution in [0, 0.1) is 5.82 Å². The lowest BCUT2D eigenvalue weighted by Gasteiger charge is -2.19. The lowest BCUT2D eigenvalue weighted by Crippen LogP contribution is -2.27. The Morgan fingerprint density at radius 3 is 2.64 bits per heavy atom. The number of aromatic nitrogens is 2. The highest BCUT2D eigenvalue weighted by atomic mass is 19.1. The van der Waals surface area contributed by atoms with Crippen molar-refractivity contribution >= 4 is 11.6 Å². The molecule has 3 rings (SSSR count). The number of pyridine rings is 2. The lowest BCUT2D eigenvalue weighted by atomic mass is 10.1. The number of carbonyl (C=O) groups excluding carboxylic acids is 1. The molecule has 144 valence electrons. The average molecular weight is 378 g/mol. The van der Waals surface area contributed by atoms with Gasteiger partial charge in [0.25, 0.3) is 5.91 Å². The van der Waals surface area contributed by atoms with Crippen LogP contribution >= 0.6 is 0 Å². The second-order valence-electron chi connectivity index (χ2n) is 6.52. The van der Waals surface area contributed by atoms with Crippen molar-refractivity contribution in [2.24, 2.45) is 0 Å². The highest BCUT2D eigenvalue weighted by Crippen LogP contribution is 2.14. The number of anilines is 1. The van der Waals surface area contributed by atoms with Crippen molar-refractivity contribution in [3.8, 4) is 0 Å². The number of rotatable bonds is 8. The van der Waals surface area contributed by atoms with E-state index >= 15 is 0 Å². The molecular formula is C22H23FN4O. The molecule has 0 atom stereocenters. The van der Waals surface area contributed by atoms with E-state index in [9.17, 15) is 9.18 Å². The third-order valence-electron chi connectivity index (χ3n) is 4.54. The predicted molar refractivity (Wildman–Crippen MR) is 108 cm³/mol. The first-order valence-corrected chi connectivity index (χ1v) is 9.21. The molecule has 6 heteroatoms. The van der Waals surface area contributed by atoms with Gasteiger partial charge < -0.3 is 10.2 Å². The third kappa shape index (κ3) is 5.36. The largest absolute Gasteiger partial charge is 0.374 e. The van der Waals surface area contributed by atoms with E-state index in [1.807, 2.05) is 25.2 Å². The normalized spacial score (nSPS) is 10.5. The molecule has 5 nitrogen and oxygen atoms in total. The third-order valence-corrected chi connectivity index (χ3v) is 4.54. The molecular weight excluding hydrogens is 355 g/mol. The van der Waals surface area contributed by atoms with Crippen LogP contribution in [0.2, 0.25) is 0 Å². The zero-order valence-electron chi connectivity index (χ0n) is 15.8. The summed E-state index contributed by atoms with van der Waals surface area (Å²) < 4.78 is 13.6. The van der Waals surface area contributed by atoms with Gasteiger partial charge >= 0.3 is 0 Å². The van der Waals surface area contributed by atoms with E-state index in [2.05, 4.69) is 20.2 Å². The summed E-state index contributed by atoms with van der Waals surface area (Å²) in [5, 5.41) is 2.81. The molecule has 0 saturated carbocycles. The van der Waals surface area contributed by atoms with E-state index in [0.29, 0.717) is 24.2 Å². The summed E-state index contributed by atoms with van der Waals surface area (Å²) >= 11 is 0. The van der Waals surface area contributed by atoms with E-state index in [4.69, 9.17) is 0 Å². The van der Waals surface area contributed by atoms with E-state index in [1.54, 1.807) is 42.9 Å². The monoisotopic (exact) mass is 378 g/mol. The van der Waals surface area contributed by atoms with Crippen molar-refractivity contribution in [1.82, 2.24) is 15.3 Å². The first kappa shape index (κ1) is 19.5. The highest BCUT2D eigenvalue weighted by molar-refractivity contribution is 5.93. The van der Waals surface area contributed by atoms with Crippen LogP contribution in [0.4, 0.5) is 10.1 Å². The molecule has 0 aliphatic heterocycles. The van der Waals surface area contributed by atoms with Crippen LogP contribution in [0.1, 0.15) is 21.6 Å². The number of amides is 1. The molecule has 0 unspecified atom stereocenters. The van der Waals surface area contributed by atoms with Gasteiger partial charge in [-0.1, -0.05) is 18.2 Å². The molecule has 3 aromatic rings. The van der Waals surface area contributed by atoms with E-state index < -0.39 is 0 Å². The first-order valence-electron chi connectivity index (χ1n) is 9.21. The van der Waals surface area contributed by atoms with Crippen molar-refractivity contribution < 1.29 is 9.18 Å². The highest BCUT2D eigenvalue weighted by Gasteiger charge is 2.10. The Hall–Kier alpha value is -3.28. The number of benzene rings is 1. The SMILES string of the molecule is CN(CCc1ccncc1)c1ccnc(C(=O)NCCc2ccccc2F)c1. The molecule has 0 saturated heterocycles. The van der Waals surface area contributed by atoms with Gasteiger partial charge in [-0.3, -0.25) is 14.8 Å². The molecule has 1 N–H and O–H groups in total. The number of halogens is 1. The first-order chi connectivity index (χ1) is 13.6. The number of carbonyl (C=O) groups is 1. The van der Waals surface area contributed by atoms with Gasteiger partial charge in [-0.05, 0) is 54.3 Å². The molecule has 0 fully saturated rings. The van der Waals surface area contributed by atoms with Crippen molar-refractivity contribution in [1.29, 1.82) is 0 Å². The molecule has 0 bridgehead atoms. The molecule has 28 heavy (non-hydrogen) atoms. The Morgan fingerprint density at radius 1 is 1.07 bits per heavy atom. The van der Waals surface area contributed by atoms with Crippen LogP contribution in [0.15, 0.2) is 67.1 Å². The van der Waals surface area contributed by atoms with Crippen molar-refractivity contribution in [3.05, 3.63) is 89.8 Å². The Bertz CT molecular complexity index is 917. The fraction of sp³-hybridized carbons (Fsp3) is 0.227. The van der Waals surface area contributed by atoms with Gasteiger partial charge in [0.1, 0.15) is 11.5 Å². The maximum Gasteiger partial charge on any atom is 0.269 e. The Labute approximate surface area is 164 Å². The van der Waals surface area contributed by atoms with Gasteiger partial charge in [-0.15, -0.1) is 0 Å². The van der Waals surface area contributed by atoms with Crippen LogP contribution in [0.25, 0.3) is 0 Å². The summed E-state index contributed by atoms with van der Waals surface area (Å²) in [4.78, 5) is 22.6. The summed E-state index contributed by atoms with van der Waals surface area (Å²) in [5.74, 6) is -0.520. The standard InChI is InChI=1S/C22H23FN4O/c1-27(15-10-17-6-11-24-12-7-17)19-9-14-25-21(16-19)22(28)26-13-8-18-4-2-3-5-20(18)23/h2-7,9,11-12,14,16H,8,10,13,15H2,1H3,(H,26,28). The molecule has 0 aliphatic carbocycles. The topological polar surface area (TPSA) is 58.1 Å². The smallest absolute Gasteiger partial charge is 0.269 e. The quantitative estimate of drug-likeness (QED) is 0.654. The predicted octanol–water partition coefficient (Wildman–Crippen LogP) is 3.27. The van der Waals surface area contributed by atoms with Crippen molar-refractivity contribution in [2.45, 2.75) is 12.8 Å². The fourth-order valence-electron chi connectivity index (χ4n) is 2.86. The van der Waals surface area contributed by atoms with E-state index in [1.165, 1.54) is 11.6 Å². The molecule has 2 heterocycles. The van der Waals surface area contributed by atoms with Crippen LogP contribution in [-0.2, 0) is 12.8 Å². The van der Waals surface area contributed by atoms with E-state index in [-0.39, 0.29) is 11.7 Å². The number of hydrogen-bond donors (Lipinski definition) is 1. The fourth-order valence-corrected chi connectivity index (χ4v) is 2.86. The van der Waals surface area contributed by atoms with E-state index in [0.717, 1.165) is 18.7 Å². The number of nitrogens with zero attached hydrogens (tertiary/aromatic N) is 3. The summed E-state index contributed by atoms with van der Waals surface area (Å²) in [7, 11) is 1.98. The molecule has 0 radical (unpaired) electrons. The minimum atomic E-state index is -0.263. The zero-order valence-corrected chi connectivity index (χ0v) is 15.8. The number of nitrogens with one attached hydrogen (secondary N) is 1. The van der Waals surface area contributed by atoms with Gasteiger partial charge in [0.05, 0.1) is 0 Å². The molecule has 1 aromatic carbocycles. The van der Waals surface area contributed by atoms with Crippen molar-refractivity contribution in [2.75, 3.05) is 25.0 Å². The molecule has 0 spiro atoms. The Balaban J connectivity index is 1.54. The molecule has 1 amide bonds. The minimum Gasteiger partial charge on any atom is -0.374 e. The second kappa shape index (κ2) is 9.60. The molecule has 0 aliphatic rings. The van der Waals surface area contributed by atoms with Crippen LogP contribution in [-0.4, -0.2) is 36.0 Å². The average Bonchev–Trinajstić information content (AvgIpc) is 2.74. The number of hydrogen-bond acceptors (Lipinski definition) is 4. The van der Waals surface area contributed by atoms with Gasteiger partial charge in [0, 0.05) is 44.4 Å². The summed E-state index contributed by atoms with van der Waals surface area (Å²) in [5.41, 5.74) is 3.06.